The third-order valence-corrected chi connectivity index (χ3v) is 2.34. The van der Waals surface area contributed by atoms with E-state index in [1.165, 1.54) is 38.5 Å². The lowest BCUT2D eigenvalue weighted by Gasteiger charge is -1.99. The highest BCUT2D eigenvalue weighted by Gasteiger charge is 1.95. The molecule has 0 aromatic carbocycles. The molecule has 0 radical (unpaired) electrons. The third-order valence-electron chi connectivity index (χ3n) is 2.34. The van der Waals surface area contributed by atoms with Gasteiger partial charge >= 0.3 is 5.97 Å². The molecule has 104 valence electrons. The number of carboxylic acid groups (broad SMARTS) is 1. The molecule has 0 fully saturated rings. The van der Waals surface area contributed by atoms with E-state index in [1.807, 2.05) is 0 Å². The fraction of sp³-hybridized carbons (Fsp3) is 0.923. The van der Waals surface area contributed by atoms with Gasteiger partial charge in [-0.1, -0.05) is 51.9 Å². The summed E-state index contributed by atoms with van der Waals surface area (Å²) in [5, 5.41) is 23.6. The number of aliphatic hydroxyl groups is 2. The Kier molecular flexibility index (Phi) is 19.6. The fourth-order valence-electron chi connectivity index (χ4n) is 1.41. The van der Waals surface area contributed by atoms with E-state index in [0.29, 0.717) is 6.42 Å². The Hall–Kier alpha value is -0.610. The highest BCUT2D eigenvalue weighted by molar-refractivity contribution is 5.66. The Bertz CT molecular complexity index is 146. The summed E-state index contributed by atoms with van der Waals surface area (Å²) in [6.07, 6.45) is 10.1. The van der Waals surface area contributed by atoms with Gasteiger partial charge in [0.25, 0.3) is 0 Å². The average molecular weight is 248 g/mol. The molecule has 0 rings (SSSR count). The summed E-state index contributed by atoms with van der Waals surface area (Å²) < 4.78 is 0. The van der Waals surface area contributed by atoms with Crippen molar-refractivity contribution in [3.8, 4) is 0 Å². The van der Waals surface area contributed by atoms with Gasteiger partial charge in [-0.2, -0.15) is 0 Å². The second-order valence-corrected chi connectivity index (χ2v) is 4.07. The largest absolute Gasteiger partial charge is 0.481 e. The minimum atomic E-state index is -0.661. The molecule has 0 amide bonds. The van der Waals surface area contributed by atoms with Crippen LogP contribution >= 0.6 is 0 Å². The second-order valence-electron chi connectivity index (χ2n) is 4.07. The van der Waals surface area contributed by atoms with Gasteiger partial charge in [0.1, 0.15) is 0 Å². The molecule has 0 aliphatic carbocycles. The highest BCUT2D eigenvalue weighted by atomic mass is 16.4. The topological polar surface area (TPSA) is 77.8 Å². The van der Waals surface area contributed by atoms with Gasteiger partial charge in [-0.15, -0.1) is 0 Å². The molecular weight excluding hydrogens is 220 g/mol. The van der Waals surface area contributed by atoms with Gasteiger partial charge < -0.3 is 15.3 Å². The van der Waals surface area contributed by atoms with E-state index in [4.69, 9.17) is 15.3 Å². The Morgan fingerprint density at radius 1 is 0.824 bits per heavy atom. The molecule has 0 aliphatic rings. The quantitative estimate of drug-likeness (QED) is 0.519. The first-order valence-corrected chi connectivity index (χ1v) is 6.62. The lowest BCUT2D eigenvalue weighted by Crippen LogP contribution is -1.93. The van der Waals surface area contributed by atoms with Crippen LogP contribution in [0.3, 0.4) is 0 Å². The maximum absolute atomic E-state index is 10.2. The second kappa shape index (κ2) is 17.8. The van der Waals surface area contributed by atoms with Crippen molar-refractivity contribution in [3.63, 3.8) is 0 Å². The molecule has 4 nitrogen and oxygen atoms in total. The van der Waals surface area contributed by atoms with Crippen LogP contribution in [0.5, 0.6) is 0 Å². The van der Waals surface area contributed by atoms with Crippen molar-refractivity contribution in [1.29, 1.82) is 0 Å². The molecule has 17 heavy (non-hydrogen) atoms. The summed E-state index contributed by atoms with van der Waals surface area (Å²) in [7, 11) is 0. The summed E-state index contributed by atoms with van der Waals surface area (Å²) in [4.78, 5) is 10.2. The Balaban J connectivity index is 0. The molecule has 0 atom stereocenters. The maximum atomic E-state index is 10.2. The molecule has 0 spiro atoms. The molecule has 0 unspecified atom stereocenters. The van der Waals surface area contributed by atoms with Crippen LogP contribution in [0, 0.1) is 0 Å². The SMILES string of the molecule is CCCCCCCCCCC(=O)O.OCCO. The molecule has 0 aromatic heterocycles. The summed E-state index contributed by atoms with van der Waals surface area (Å²) in [5.74, 6) is -0.661. The van der Waals surface area contributed by atoms with E-state index in [2.05, 4.69) is 6.92 Å². The van der Waals surface area contributed by atoms with E-state index in [-0.39, 0.29) is 13.2 Å². The van der Waals surface area contributed by atoms with E-state index >= 15 is 0 Å². The lowest BCUT2D eigenvalue weighted by atomic mass is 10.1. The van der Waals surface area contributed by atoms with Gasteiger partial charge in [0.05, 0.1) is 13.2 Å². The summed E-state index contributed by atoms with van der Waals surface area (Å²) >= 11 is 0. The third kappa shape index (κ3) is 25.6. The van der Waals surface area contributed by atoms with Crippen LogP contribution in [0.4, 0.5) is 0 Å². The number of carboxylic acids is 1. The Morgan fingerprint density at radius 2 is 1.24 bits per heavy atom. The average Bonchev–Trinajstić information content (AvgIpc) is 2.32. The molecule has 0 aromatic rings. The smallest absolute Gasteiger partial charge is 0.303 e. The highest BCUT2D eigenvalue weighted by Crippen LogP contribution is 2.09. The number of carbonyl (C=O) groups is 1. The van der Waals surface area contributed by atoms with Crippen molar-refractivity contribution < 1.29 is 20.1 Å². The first kappa shape index (κ1) is 18.7. The number of hydrogen-bond donors (Lipinski definition) is 3. The fourth-order valence-corrected chi connectivity index (χ4v) is 1.41. The van der Waals surface area contributed by atoms with Gasteiger partial charge in [-0.25, -0.2) is 0 Å². The van der Waals surface area contributed by atoms with E-state index in [9.17, 15) is 4.79 Å². The van der Waals surface area contributed by atoms with Crippen LogP contribution in [-0.4, -0.2) is 34.5 Å². The number of aliphatic carboxylic acids is 1. The Morgan fingerprint density at radius 3 is 1.59 bits per heavy atom. The molecule has 0 heterocycles. The maximum Gasteiger partial charge on any atom is 0.303 e. The Labute approximate surface area is 105 Å². The molecule has 0 saturated carbocycles. The van der Waals surface area contributed by atoms with Gasteiger partial charge in [0.15, 0.2) is 0 Å². The summed E-state index contributed by atoms with van der Waals surface area (Å²) in [6.45, 7) is 1.97. The molecule has 3 N–H and O–H groups in total. The van der Waals surface area contributed by atoms with E-state index in [1.54, 1.807) is 0 Å². The van der Waals surface area contributed by atoms with Crippen LogP contribution in [0.2, 0.25) is 0 Å². The van der Waals surface area contributed by atoms with Crippen LogP contribution < -0.4 is 0 Å². The zero-order valence-corrected chi connectivity index (χ0v) is 11.0. The predicted octanol–water partition coefficient (Wildman–Crippen LogP) is 2.57. The molecule has 0 saturated heterocycles. The lowest BCUT2D eigenvalue weighted by molar-refractivity contribution is -0.137. The van der Waals surface area contributed by atoms with Crippen LogP contribution in [0.25, 0.3) is 0 Å². The van der Waals surface area contributed by atoms with Crippen molar-refractivity contribution >= 4 is 5.97 Å². The zero-order valence-electron chi connectivity index (χ0n) is 11.0. The number of hydrogen-bond acceptors (Lipinski definition) is 3. The standard InChI is InChI=1S/C11H22O2.C2H6O2/c1-2-3-4-5-6-7-8-9-10-11(12)13;3-1-2-4/h2-10H2,1H3,(H,12,13);3-4H,1-2H2. The van der Waals surface area contributed by atoms with Crippen LogP contribution in [-0.2, 0) is 4.79 Å². The monoisotopic (exact) mass is 248 g/mol. The molecule has 0 bridgehead atoms. The van der Waals surface area contributed by atoms with E-state index < -0.39 is 5.97 Å². The van der Waals surface area contributed by atoms with Crippen LogP contribution in [0.15, 0.2) is 0 Å². The minimum Gasteiger partial charge on any atom is -0.481 e. The molecule has 4 heteroatoms. The first-order valence-electron chi connectivity index (χ1n) is 6.62. The van der Waals surface area contributed by atoms with Crippen LogP contribution in [0.1, 0.15) is 64.7 Å². The predicted molar refractivity (Wildman–Crippen MR) is 69.0 cm³/mol. The van der Waals surface area contributed by atoms with Gasteiger partial charge in [-0.3, -0.25) is 4.79 Å². The summed E-state index contributed by atoms with van der Waals surface area (Å²) in [6, 6.07) is 0. The first-order chi connectivity index (χ1) is 8.18. The van der Waals surface area contributed by atoms with Gasteiger partial charge in [0, 0.05) is 6.42 Å². The zero-order chi connectivity index (χ0) is 13.4. The normalized spacial score (nSPS) is 9.59. The molecular formula is C13H28O4. The van der Waals surface area contributed by atoms with Crippen molar-refractivity contribution in [3.05, 3.63) is 0 Å². The van der Waals surface area contributed by atoms with Gasteiger partial charge in [0.2, 0.25) is 0 Å². The van der Waals surface area contributed by atoms with Crippen molar-refractivity contribution in [2.75, 3.05) is 13.2 Å². The van der Waals surface area contributed by atoms with Gasteiger partial charge in [-0.05, 0) is 6.42 Å². The minimum absolute atomic E-state index is 0.125. The number of rotatable bonds is 10. The van der Waals surface area contributed by atoms with Crippen molar-refractivity contribution in [2.24, 2.45) is 0 Å². The van der Waals surface area contributed by atoms with Crippen molar-refractivity contribution in [1.82, 2.24) is 0 Å². The van der Waals surface area contributed by atoms with E-state index in [0.717, 1.165) is 12.8 Å². The van der Waals surface area contributed by atoms with Crippen molar-refractivity contribution in [2.45, 2.75) is 64.7 Å². The molecule has 0 aliphatic heterocycles. The number of unbranched alkanes of at least 4 members (excludes halogenated alkanes) is 7. The summed E-state index contributed by atoms with van der Waals surface area (Å²) in [5.41, 5.74) is 0. The number of aliphatic hydroxyl groups excluding tert-OH is 2.